The molecule has 1 aromatic heterocycles. The van der Waals surface area contributed by atoms with Crippen molar-refractivity contribution >= 4 is 23.2 Å². The Morgan fingerprint density at radius 3 is 2.45 bits per heavy atom. The van der Waals surface area contributed by atoms with Crippen LogP contribution in [0, 0.1) is 0 Å². The van der Waals surface area contributed by atoms with Gasteiger partial charge in [-0.25, -0.2) is 0 Å². The first-order valence-electron chi connectivity index (χ1n) is 6.81. The summed E-state index contributed by atoms with van der Waals surface area (Å²) in [7, 11) is 0. The van der Waals surface area contributed by atoms with E-state index in [0.717, 1.165) is 16.8 Å². The van der Waals surface area contributed by atoms with Crippen LogP contribution in [0.2, 0.25) is 5.02 Å². The molecule has 22 heavy (non-hydrogen) atoms. The molecule has 0 atom stereocenters. The molecule has 4 heteroatoms. The third kappa shape index (κ3) is 3.32. The number of benzene rings is 2. The van der Waals surface area contributed by atoms with E-state index in [2.05, 4.69) is 10.3 Å². The van der Waals surface area contributed by atoms with E-state index >= 15 is 0 Å². The van der Waals surface area contributed by atoms with Gasteiger partial charge in [-0.1, -0.05) is 41.9 Å². The fourth-order valence-corrected chi connectivity index (χ4v) is 2.31. The number of amides is 1. The molecular weight excluding hydrogens is 296 g/mol. The van der Waals surface area contributed by atoms with Crippen molar-refractivity contribution in [1.29, 1.82) is 0 Å². The molecular formula is C18H13ClN2O. The quantitative estimate of drug-likeness (QED) is 0.765. The van der Waals surface area contributed by atoms with Crippen LogP contribution in [-0.2, 0) is 0 Å². The van der Waals surface area contributed by atoms with Crippen LogP contribution < -0.4 is 5.32 Å². The summed E-state index contributed by atoms with van der Waals surface area (Å²) in [5, 5.41) is 3.48. The van der Waals surface area contributed by atoms with E-state index in [4.69, 9.17) is 11.6 Å². The molecule has 0 fully saturated rings. The topological polar surface area (TPSA) is 42.0 Å². The number of nitrogens with zero attached hydrogens (tertiary/aromatic N) is 1. The van der Waals surface area contributed by atoms with Crippen LogP contribution in [0.4, 0.5) is 5.69 Å². The number of hydrogen-bond donors (Lipinski definition) is 1. The van der Waals surface area contributed by atoms with Crippen LogP contribution in [0.1, 0.15) is 10.5 Å². The Bertz CT molecular complexity index is 803. The highest BCUT2D eigenvalue weighted by molar-refractivity contribution is 6.30. The summed E-state index contributed by atoms with van der Waals surface area (Å²) in [6, 6.07) is 20.4. The van der Waals surface area contributed by atoms with Crippen molar-refractivity contribution in [3.63, 3.8) is 0 Å². The van der Waals surface area contributed by atoms with E-state index in [0.29, 0.717) is 10.7 Å². The van der Waals surface area contributed by atoms with Crippen molar-refractivity contribution in [2.75, 3.05) is 5.32 Å². The molecule has 0 spiro atoms. The fraction of sp³-hybridized carbons (Fsp3) is 0. The van der Waals surface area contributed by atoms with Gasteiger partial charge in [-0.15, -0.1) is 0 Å². The van der Waals surface area contributed by atoms with E-state index in [9.17, 15) is 4.79 Å². The molecule has 1 amide bonds. The maximum absolute atomic E-state index is 12.3. The predicted octanol–water partition coefficient (Wildman–Crippen LogP) is 4.65. The molecule has 2 aromatic carbocycles. The highest BCUT2D eigenvalue weighted by Gasteiger charge is 2.09. The highest BCUT2D eigenvalue weighted by atomic mass is 35.5. The van der Waals surface area contributed by atoms with Crippen LogP contribution in [0.15, 0.2) is 72.9 Å². The summed E-state index contributed by atoms with van der Waals surface area (Å²) in [6.45, 7) is 0. The van der Waals surface area contributed by atoms with Crippen molar-refractivity contribution in [3.8, 4) is 11.1 Å². The van der Waals surface area contributed by atoms with Crippen LogP contribution in [0.25, 0.3) is 11.1 Å². The fourth-order valence-electron chi connectivity index (χ4n) is 2.12. The van der Waals surface area contributed by atoms with Crippen LogP contribution in [0.3, 0.4) is 0 Å². The van der Waals surface area contributed by atoms with E-state index < -0.39 is 0 Å². The minimum Gasteiger partial charge on any atom is -0.321 e. The van der Waals surface area contributed by atoms with E-state index in [-0.39, 0.29) is 5.91 Å². The molecule has 3 rings (SSSR count). The molecule has 0 saturated heterocycles. The predicted molar refractivity (Wildman–Crippen MR) is 89.1 cm³/mol. The Morgan fingerprint density at radius 1 is 0.909 bits per heavy atom. The zero-order chi connectivity index (χ0) is 15.4. The second kappa shape index (κ2) is 6.41. The minimum atomic E-state index is -0.241. The molecule has 1 heterocycles. The van der Waals surface area contributed by atoms with Gasteiger partial charge < -0.3 is 5.32 Å². The van der Waals surface area contributed by atoms with Gasteiger partial charge in [0.2, 0.25) is 0 Å². The second-order valence-electron chi connectivity index (χ2n) is 4.76. The Labute approximate surface area is 133 Å². The molecule has 0 aliphatic heterocycles. The summed E-state index contributed by atoms with van der Waals surface area (Å²) in [5.74, 6) is -0.241. The number of halogens is 1. The standard InChI is InChI=1S/C18H13ClN2O/c19-15-6-4-5-13(11-15)14-9-10-20-17(12-14)18(22)21-16-7-2-1-3-8-16/h1-12H,(H,21,22). The number of nitrogens with one attached hydrogen (secondary N) is 1. The number of hydrogen-bond acceptors (Lipinski definition) is 2. The normalized spacial score (nSPS) is 10.2. The second-order valence-corrected chi connectivity index (χ2v) is 5.20. The molecule has 0 bridgehead atoms. The monoisotopic (exact) mass is 308 g/mol. The molecule has 3 nitrogen and oxygen atoms in total. The lowest BCUT2D eigenvalue weighted by molar-refractivity contribution is 0.102. The lowest BCUT2D eigenvalue weighted by atomic mass is 10.1. The van der Waals surface area contributed by atoms with Crippen molar-refractivity contribution in [1.82, 2.24) is 4.98 Å². The molecule has 3 aromatic rings. The summed E-state index contributed by atoms with van der Waals surface area (Å²) < 4.78 is 0. The van der Waals surface area contributed by atoms with Gasteiger partial charge in [0.15, 0.2) is 0 Å². The van der Waals surface area contributed by atoms with Crippen molar-refractivity contribution < 1.29 is 4.79 Å². The molecule has 108 valence electrons. The number of pyridine rings is 1. The van der Waals surface area contributed by atoms with Gasteiger partial charge >= 0.3 is 0 Å². The largest absolute Gasteiger partial charge is 0.321 e. The van der Waals surface area contributed by atoms with Gasteiger partial charge in [0.25, 0.3) is 5.91 Å². The maximum Gasteiger partial charge on any atom is 0.274 e. The smallest absolute Gasteiger partial charge is 0.274 e. The van der Waals surface area contributed by atoms with Gasteiger partial charge in [-0.2, -0.15) is 0 Å². The zero-order valence-corrected chi connectivity index (χ0v) is 12.4. The molecule has 0 aliphatic carbocycles. The molecule has 0 saturated carbocycles. The first kappa shape index (κ1) is 14.3. The van der Waals surface area contributed by atoms with E-state index in [1.165, 1.54) is 0 Å². The van der Waals surface area contributed by atoms with Crippen molar-refractivity contribution in [2.45, 2.75) is 0 Å². The van der Waals surface area contributed by atoms with E-state index in [1.807, 2.05) is 60.7 Å². The SMILES string of the molecule is O=C(Nc1ccccc1)c1cc(-c2cccc(Cl)c2)ccn1. The third-order valence-electron chi connectivity index (χ3n) is 3.18. The Morgan fingerprint density at radius 2 is 1.68 bits per heavy atom. The summed E-state index contributed by atoms with van der Waals surface area (Å²) in [5.41, 5.74) is 2.95. The zero-order valence-electron chi connectivity index (χ0n) is 11.7. The van der Waals surface area contributed by atoms with Gasteiger partial charge in [0.05, 0.1) is 0 Å². The first-order valence-corrected chi connectivity index (χ1v) is 7.18. The first-order chi connectivity index (χ1) is 10.7. The van der Waals surface area contributed by atoms with Crippen LogP contribution >= 0.6 is 11.6 Å². The number of anilines is 1. The van der Waals surface area contributed by atoms with Crippen molar-refractivity contribution in [3.05, 3.63) is 83.6 Å². The maximum atomic E-state index is 12.3. The van der Waals surface area contributed by atoms with Gasteiger partial charge in [0.1, 0.15) is 5.69 Å². The number of aromatic nitrogens is 1. The third-order valence-corrected chi connectivity index (χ3v) is 3.42. The molecule has 0 radical (unpaired) electrons. The number of carbonyl (C=O) groups excluding carboxylic acids is 1. The Hall–Kier alpha value is -2.65. The summed E-state index contributed by atoms with van der Waals surface area (Å²) >= 11 is 6.01. The lowest BCUT2D eigenvalue weighted by Crippen LogP contribution is -2.13. The van der Waals surface area contributed by atoms with Gasteiger partial charge in [-0.3, -0.25) is 9.78 Å². The van der Waals surface area contributed by atoms with Gasteiger partial charge in [-0.05, 0) is 47.5 Å². The number of para-hydroxylation sites is 1. The average Bonchev–Trinajstić information content (AvgIpc) is 2.56. The molecule has 0 aliphatic rings. The Kier molecular flexibility index (Phi) is 4.17. The Balaban J connectivity index is 1.86. The number of carbonyl (C=O) groups is 1. The lowest BCUT2D eigenvalue weighted by Gasteiger charge is -2.07. The number of rotatable bonds is 3. The van der Waals surface area contributed by atoms with Gasteiger partial charge in [0, 0.05) is 16.9 Å². The van der Waals surface area contributed by atoms with Crippen LogP contribution in [-0.4, -0.2) is 10.9 Å². The summed E-state index contributed by atoms with van der Waals surface area (Å²) in [6.07, 6.45) is 1.62. The highest BCUT2D eigenvalue weighted by Crippen LogP contribution is 2.23. The van der Waals surface area contributed by atoms with E-state index in [1.54, 1.807) is 12.3 Å². The molecule has 1 N–H and O–H groups in total. The minimum absolute atomic E-state index is 0.241. The summed E-state index contributed by atoms with van der Waals surface area (Å²) in [4.78, 5) is 16.4. The average molecular weight is 309 g/mol. The van der Waals surface area contributed by atoms with Crippen molar-refractivity contribution in [2.24, 2.45) is 0 Å². The van der Waals surface area contributed by atoms with Crippen LogP contribution in [0.5, 0.6) is 0 Å². The molecule has 0 unspecified atom stereocenters.